The molecule has 1 unspecified atom stereocenters. The molecule has 12 heavy (non-hydrogen) atoms. The molecule has 0 aliphatic heterocycles. The molecule has 0 radical (unpaired) electrons. The fraction of sp³-hybridized carbons (Fsp3) is 0.857. The number of carboxylic acid groups (broad SMARTS) is 1. The van der Waals surface area contributed by atoms with E-state index in [-0.39, 0.29) is 29.6 Å². The molecule has 2 N–H and O–H groups in total. The van der Waals surface area contributed by atoms with E-state index in [0.717, 1.165) is 5.06 Å². The predicted molar refractivity (Wildman–Crippen MR) is 47.6 cm³/mol. The van der Waals surface area contributed by atoms with Gasteiger partial charge in [0, 0.05) is 6.54 Å². The van der Waals surface area contributed by atoms with Gasteiger partial charge in [-0.3, -0.25) is 4.79 Å². The van der Waals surface area contributed by atoms with Gasteiger partial charge in [-0.05, 0) is 13.3 Å². The van der Waals surface area contributed by atoms with Crippen LogP contribution in [0.3, 0.4) is 0 Å². The molecule has 0 spiro atoms. The maximum absolute atomic E-state index is 10.7. The first kappa shape index (κ1) is 14.9. The van der Waals surface area contributed by atoms with E-state index in [1.807, 2.05) is 0 Å². The zero-order valence-corrected chi connectivity index (χ0v) is 7.16. The summed E-state index contributed by atoms with van der Waals surface area (Å²) < 4.78 is 0. The van der Waals surface area contributed by atoms with Crippen LogP contribution >= 0.6 is 0 Å². The van der Waals surface area contributed by atoms with Crippen molar-refractivity contribution in [2.45, 2.75) is 32.7 Å². The molecule has 0 aliphatic carbocycles. The van der Waals surface area contributed by atoms with Gasteiger partial charge in [-0.1, -0.05) is 13.8 Å². The van der Waals surface area contributed by atoms with Crippen molar-refractivity contribution >= 4 is 35.5 Å². The van der Waals surface area contributed by atoms with Gasteiger partial charge in [0.15, 0.2) is 0 Å². The van der Waals surface area contributed by atoms with Crippen LogP contribution in [0.2, 0.25) is 0 Å². The van der Waals surface area contributed by atoms with Crippen molar-refractivity contribution < 1.29 is 15.1 Å². The minimum absolute atomic E-state index is 0. The molecule has 0 bridgehead atoms. The zero-order chi connectivity index (χ0) is 9.07. The summed E-state index contributed by atoms with van der Waals surface area (Å²) >= 11 is 0. The number of hydrogen-bond donors (Lipinski definition) is 2. The summed E-state index contributed by atoms with van der Waals surface area (Å²) in [7, 11) is 0. The minimum atomic E-state index is -1.14. The first-order chi connectivity index (χ1) is 4.99. The average Bonchev–Trinajstić information content (AvgIpc) is 2.01. The fourth-order valence-electron chi connectivity index (χ4n) is 0.793. The number of nitrogens with zero attached hydrogens (tertiary/aromatic N) is 1. The van der Waals surface area contributed by atoms with Crippen LogP contribution in [0.5, 0.6) is 0 Å². The van der Waals surface area contributed by atoms with Gasteiger partial charge in [0.25, 0.3) is 0 Å². The third-order valence-electron chi connectivity index (χ3n) is 2.02. The van der Waals surface area contributed by atoms with Gasteiger partial charge in [0.1, 0.15) is 5.54 Å². The van der Waals surface area contributed by atoms with Gasteiger partial charge in [0.05, 0.1) is 0 Å². The summed E-state index contributed by atoms with van der Waals surface area (Å²) in [5.41, 5.74) is -1.14. The van der Waals surface area contributed by atoms with Gasteiger partial charge in [-0.25, -0.2) is 0 Å². The van der Waals surface area contributed by atoms with Gasteiger partial charge < -0.3 is 10.3 Å². The van der Waals surface area contributed by atoms with E-state index in [1.165, 1.54) is 6.92 Å². The van der Waals surface area contributed by atoms with Gasteiger partial charge in [-0.15, -0.1) is 0 Å². The predicted octanol–water partition coefficient (Wildman–Crippen LogP) is 0.302. The van der Waals surface area contributed by atoms with E-state index in [2.05, 4.69) is 0 Å². The molecule has 0 aromatic rings. The molecule has 0 aromatic heterocycles. The molecule has 0 fully saturated rings. The second kappa shape index (κ2) is 5.94. The molecule has 0 aromatic carbocycles. The molecule has 5 heteroatoms. The normalized spacial score (nSPS) is 15.1. The van der Waals surface area contributed by atoms with Crippen LogP contribution < -0.4 is 0 Å². The number of likely N-dealkylation sites (N-methyl/N-ethyl adjacent to an activating group) is 1. The maximum atomic E-state index is 10.7. The Hall–Kier alpha value is 0.390. The second-order valence-electron chi connectivity index (χ2n) is 2.65. The van der Waals surface area contributed by atoms with Crippen molar-refractivity contribution in [1.29, 1.82) is 0 Å². The van der Waals surface area contributed by atoms with Crippen molar-refractivity contribution in [2.75, 3.05) is 6.54 Å². The number of aliphatic carboxylic acids is 1. The Bertz CT molecular complexity index is 154. The van der Waals surface area contributed by atoms with Gasteiger partial charge in [-0.2, -0.15) is 5.06 Å². The second-order valence-corrected chi connectivity index (χ2v) is 2.65. The van der Waals surface area contributed by atoms with Crippen molar-refractivity contribution in [3.05, 3.63) is 0 Å². The first-order valence-electron chi connectivity index (χ1n) is 3.69. The summed E-state index contributed by atoms with van der Waals surface area (Å²) in [5.74, 6) is -0.996. The van der Waals surface area contributed by atoms with Gasteiger partial charge in [0.2, 0.25) is 0 Å². The quantitative estimate of drug-likeness (QED) is 0.488. The van der Waals surface area contributed by atoms with Crippen molar-refractivity contribution in [2.24, 2.45) is 0 Å². The Kier molecular flexibility index (Phi) is 7.37. The standard InChI is InChI=1S/C7H15NO3.Na.H/c1-4-7(3,6(9)10)8(11)5-2;;/h11H,4-5H2,1-3H3,(H,9,10);;. The van der Waals surface area contributed by atoms with Crippen LogP contribution in [0.25, 0.3) is 0 Å². The molecule has 0 aliphatic rings. The van der Waals surface area contributed by atoms with Crippen molar-refractivity contribution in [3.63, 3.8) is 0 Å². The monoisotopic (exact) mass is 185 g/mol. The number of carboxylic acids is 1. The van der Waals surface area contributed by atoms with E-state index in [9.17, 15) is 10.0 Å². The summed E-state index contributed by atoms with van der Waals surface area (Å²) in [6.07, 6.45) is 0.382. The summed E-state index contributed by atoms with van der Waals surface area (Å²) in [6.45, 7) is 5.25. The Morgan fingerprint density at radius 3 is 2.00 bits per heavy atom. The third-order valence-corrected chi connectivity index (χ3v) is 2.02. The number of hydroxylamine groups is 2. The van der Waals surface area contributed by atoms with Crippen molar-refractivity contribution in [1.82, 2.24) is 5.06 Å². The van der Waals surface area contributed by atoms with Crippen LogP contribution in [-0.2, 0) is 4.79 Å². The first-order valence-corrected chi connectivity index (χ1v) is 3.69. The van der Waals surface area contributed by atoms with Crippen molar-refractivity contribution in [3.8, 4) is 0 Å². The molecule has 4 nitrogen and oxygen atoms in total. The summed E-state index contributed by atoms with van der Waals surface area (Å²) in [6, 6.07) is 0. The third kappa shape index (κ3) is 3.03. The number of hydrogen-bond acceptors (Lipinski definition) is 3. The topological polar surface area (TPSA) is 60.8 Å². The summed E-state index contributed by atoms with van der Waals surface area (Å²) in [5, 5.41) is 18.8. The molecular formula is C7H16NNaO3. The average molecular weight is 185 g/mol. The van der Waals surface area contributed by atoms with Crippen LogP contribution in [0.1, 0.15) is 27.2 Å². The molecule has 68 valence electrons. The Morgan fingerprint density at radius 2 is 1.92 bits per heavy atom. The Morgan fingerprint density at radius 1 is 1.50 bits per heavy atom. The molecule has 0 saturated carbocycles. The fourth-order valence-corrected chi connectivity index (χ4v) is 0.793. The molecule has 0 saturated heterocycles. The molecule has 1 atom stereocenters. The molecule has 0 rings (SSSR count). The number of rotatable bonds is 4. The van der Waals surface area contributed by atoms with Crippen LogP contribution in [0.4, 0.5) is 0 Å². The van der Waals surface area contributed by atoms with Crippen LogP contribution in [-0.4, -0.2) is 63.0 Å². The SMILES string of the molecule is CCN(O)C(C)(CC)C(=O)O.[NaH]. The Balaban J connectivity index is 0. The molecule has 0 amide bonds. The van der Waals surface area contributed by atoms with Gasteiger partial charge >= 0.3 is 35.5 Å². The van der Waals surface area contributed by atoms with Crippen LogP contribution in [0.15, 0.2) is 0 Å². The summed E-state index contributed by atoms with van der Waals surface area (Å²) in [4.78, 5) is 10.7. The van der Waals surface area contributed by atoms with E-state index >= 15 is 0 Å². The van der Waals surface area contributed by atoms with E-state index in [0.29, 0.717) is 13.0 Å². The van der Waals surface area contributed by atoms with Crippen LogP contribution in [0, 0.1) is 0 Å². The molecular weight excluding hydrogens is 169 g/mol. The molecule has 0 heterocycles. The van der Waals surface area contributed by atoms with E-state index in [4.69, 9.17) is 5.11 Å². The Labute approximate surface area is 94.8 Å². The van der Waals surface area contributed by atoms with E-state index < -0.39 is 11.5 Å². The van der Waals surface area contributed by atoms with E-state index in [1.54, 1.807) is 13.8 Å². The zero-order valence-electron chi connectivity index (χ0n) is 7.16. The number of carbonyl (C=O) groups is 1.